The van der Waals surface area contributed by atoms with Crippen LogP contribution in [0, 0.1) is 0 Å². The van der Waals surface area contributed by atoms with Crippen molar-refractivity contribution in [2.45, 2.75) is 4.90 Å². The van der Waals surface area contributed by atoms with Gasteiger partial charge in [-0.05, 0) is 36.4 Å². The Bertz CT molecular complexity index is 1390. The van der Waals surface area contributed by atoms with Gasteiger partial charge in [-0.1, -0.05) is 12.1 Å². The summed E-state index contributed by atoms with van der Waals surface area (Å²) in [6.07, 6.45) is 1.24. The smallest absolute Gasteiger partial charge is 0.265 e. The van der Waals surface area contributed by atoms with E-state index in [0.29, 0.717) is 17.1 Å². The molecule has 3 aromatic rings. The van der Waals surface area contributed by atoms with Crippen molar-refractivity contribution in [2.75, 3.05) is 39.3 Å². The number of carbonyl (C=O) groups is 1. The van der Waals surface area contributed by atoms with Gasteiger partial charge in [-0.3, -0.25) is 9.10 Å². The van der Waals surface area contributed by atoms with Crippen molar-refractivity contribution >= 4 is 27.8 Å². The number of aromatic hydroxyl groups is 1. The van der Waals surface area contributed by atoms with Crippen LogP contribution in [-0.4, -0.2) is 60.6 Å². The quantitative estimate of drug-likeness (QED) is 0.286. The van der Waals surface area contributed by atoms with Crippen molar-refractivity contribution in [1.82, 2.24) is 5.43 Å². The van der Waals surface area contributed by atoms with E-state index in [1.165, 1.54) is 71.1 Å². The van der Waals surface area contributed by atoms with Crippen LogP contribution in [0.1, 0.15) is 5.56 Å². The molecule has 0 saturated carbocycles. The molecule has 37 heavy (non-hydrogen) atoms. The molecule has 0 aromatic heterocycles. The third-order valence-corrected chi connectivity index (χ3v) is 6.97. The number of benzene rings is 3. The number of carbonyl (C=O) groups excluding carboxylic acids is 1. The molecule has 0 radical (unpaired) electrons. The molecule has 0 heterocycles. The molecule has 3 aromatic carbocycles. The summed E-state index contributed by atoms with van der Waals surface area (Å²) in [6, 6.07) is 15.0. The normalized spacial score (nSPS) is 11.1. The molecule has 0 spiro atoms. The van der Waals surface area contributed by atoms with Gasteiger partial charge in [0.15, 0.2) is 11.5 Å². The lowest BCUT2D eigenvalue weighted by Gasteiger charge is -2.26. The SMILES string of the molecule is COc1ccc(OC)c(N(CC(=O)N/N=C/c2ccccc2O)S(=O)(=O)c2ccc(OC)c(OC)c2)c1. The average molecular weight is 530 g/mol. The number of hydrogen-bond acceptors (Lipinski definition) is 9. The van der Waals surface area contributed by atoms with Gasteiger partial charge >= 0.3 is 0 Å². The van der Waals surface area contributed by atoms with Gasteiger partial charge in [0, 0.05) is 17.7 Å². The molecule has 0 aliphatic rings. The minimum Gasteiger partial charge on any atom is -0.507 e. The molecule has 12 heteroatoms. The number of anilines is 1. The zero-order chi connectivity index (χ0) is 27.0. The number of phenolic OH excluding ortho intramolecular Hbond substituents is 1. The third-order valence-electron chi connectivity index (χ3n) is 5.21. The average Bonchev–Trinajstić information content (AvgIpc) is 2.91. The molecular formula is C25H27N3O8S. The third kappa shape index (κ3) is 6.22. The number of methoxy groups -OCH3 is 4. The molecule has 0 bridgehead atoms. The number of phenols is 1. The van der Waals surface area contributed by atoms with Crippen LogP contribution in [0.15, 0.2) is 70.7 Å². The van der Waals surface area contributed by atoms with Crippen molar-refractivity contribution in [1.29, 1.82) is 0 Å². The molecule has 0 atom stereocenters. The van der Waals surface area contributed by atoms with Crippen LogP contribution in [0.2, 0.25) is 0 Å². The number of sulfonamides is 1. The van der Waals surface area contributed by atoms with Gasteiger partial charge in [-0.25, -0.2) is 13.8 Å². The maximum atomic E-state index is 13.8. The number of nitrogens with zero attached hydrogens (tertiary/aromatic N) is 2. The minimum absolute atomic E-state index is 0.0285. The van der Waals surface area contributed by atoms with Gasteiger partial charge in [-0.15, -0.1) is 0 Å². The molecular weight excluding hydrogens is 502 g/mol. The minimum atomic E-state index is -4.34. The first kappa shape index (κ1) is 27.1. The van der Waals surface area contributed by atoms with E-state index in [1.807, 2.05) is 0 Å². The van der Waals surface area contributed by atoms with E-state index in [1.54, 1.807) is 24.3 Å². The molecule has 0 aliphatic carbocycles. The van der Waals surface area contributed by atoms with E-state index in [2.05, 4.69) is 10.5 Å². The van der Waals surface area contributed by atoms with Crippen LogP contribution < -0.4 is 28.7 Å². The Labute approximate surface area is 214 Å². The first-order valence-electron chi connectivity index (χ1n) is 10.8. The fraction of sp³-hybridized carbons (Fsp3) is 0.200. The number of hydrazone groups is 1. The van der Waals surface area contributed by atoms with Gasteiger partial charge in [0.25, 0.3) is 15.9 Å². The van der Waals surface area contributed by atoms with Gasteiger partial charge in [-0.2, -0.15) is 5.10 Å². The Kier molecular flexibility index (Phi) is 8.80. The highest BCUT2D eigenvalue weighted by Gasteiger charge is 2.31. The van der Waals surface area contributed by atoms with Crippen LogP contribution in [0.5, 0.6) is 28.7 Å². The van der Waals surface area contributed by atoms with E-state index in [0.717, 1.165) is 4.31 Å². The summed E-state index contributed by atoms with van der Waals surface area (Å²) in [5, 5.41) is 13.7. The summed E-state index contributed by atoms with van der Waals surface area (Å²) >= 11 is 0. The van der Waals surface area contributed by atoms with E-state index >= 15 is 0 Å². The fourth-order valence-corrected chi connectivity index (χ4v) is 4.77. The Morgan fingerprint density at radius 1 is 0.919 bits per heavy atom. The Morgan fingerprint density at radius 2 is 1.59 bits per heavy atom. The monoisotopic (exact) mass is 529 g/mol. The highest BCUT2D eigenvalue weighted by Crippen LogP contribution is 2.37. The molecule has 0 fully saturated rings. The van der Waals surface area contributed by atoms with Gasteiger partial charge < -0.3 is 24.1 Å². The molecule has 0 aliphatic heterocycles. The standard InChI is InChI=1S/C25H27N3O8S/c1-33-18-9-11-22(34-2)20(13-18)28(16-25(30)27-26-15-17-7-5-6-8-21(17)29)37(31,32)19-10-12-23(35-3)24(14-19)36-4/h5-15,29H,16H2,1-4H3,(H,27,30)/b26-15+. The molecule has 1 amide bonds. The summed E-state index contributed by atoms with van der Waals surface area (Å²) in [7, 11) is 1.28. The number of para-hydroxylation sites is 1. The summed E-state index contributed by atoms with van der Waals surface area (Å²) in [4.78, 5) is 12.7. The predicted molar refractivity (Wildman–Crippen MR) is 137 cm³/mol. The van der Waals surface area contributed by atoms with Gasteiger partial charge in [0.2, 0.25) is 0 Å². The number of ether oxygens (including phenoxy) is 4. The number of rotatable bonds is 11. The number of amides is 1. The lowest BCUT2D eigenvalue weighted by Crippen LogP contribution is -2.39. The highest BCUT2D eigenvalue weighted by atomic mass is 32.2. The Hall–Kier alpha value is -4.45. The Morgan fingerprint density at radius 3 is 2.24 bits per heavy atom. The second kappa shape index (κ2) is 12.0. The summed E-state index contributed by atoms with van der Waals surface area (Å²) < 4.78 is 49.6. The molecule has 0 unspecified atom stereocenters. The van der Waals surface area contributed by atoms with E-state index in [-0.39, 0.29) is 27.8 Å². The summed E-state index contributed by atoms with van der Waals surface area (Å²) in [5.74, 6) is 0.289. The maximum Gasteiger partial charge on any atom is 0.265 e. The van der Waals surface area contributed by atoms with Crippen molar-refractivity contribution in [3.05, 3.63) is 66.2 Å². The molecule has 2 N–H and O–H groups in total. The Balaban J connectivity index is 2.02. The second-order valence-corrected chi connectivity index (χ2v) is 9.28. The number of hydrogen-bond donors (Lipinski definition) is 2. The zero-order valence-corrected chi connectivity index (χ0v) is 21.5. The van der Waals surface area contributed by atoms with E-state index in [9.17, 15) is 18.3 Å². The second-order valence-electron chi connectivity index (χ2n) is 7.42. The molecule has 3 rings (SSSR count). The first-order chi connectivity index (χ1) is 17.7. The van der Waals surface area contributed by atoms with Crippen LogP contribution in [0.4, 0.5) is 5.69 Å². The van der Waals surface area contributed by atoms with Crippen LogP contribution in [-0.2, 0) is 14.8 Å². The van der Waals surface area contributed by atoms with Crippen molar-refractivity contribution < 1.29 is 37.3 Å². The number of nitrogens with one attached hydrogen (secondary N) is 1. The lowest BCUT2D eigenvalue weighted by atomic mass is 10.2. The van der Waals surface area contributed by atoms with E-state index in [4.69, 9.17) is 18.9 Å². The predicted octanol–water partition coefficient (Wildman–Crippen LogP) is 2.77. The van der Waals surface area contributed by atoms with Gasteiger partial charge in [0.05, 0.1) is 45.2 Å². The topological polar surface area (TPSA) is 136 Å². The van der Waals surface area contributed by atoms with Crippen LogP contribution in [0.25, 0.3) is 0 Å². The fourth-order valence-electron chi connectivity index (χ4n) is 3.33. The molecule has 11 nitrogen and oxygen atoms in total. The van der Waals surface area contributed by atoms with Gasteiger partial charge in [0.1, 0.15) is 23.8 Å². The van der Waals surface area contributed by atoms with Crippen LogP contribution in [0.3, 0.4) is 0 Å². The largest absolute Gasteiger partial charge is 0.507 e. The van der Waals surface area contributed by atoms with Crippen molar-refractivity contribution in [3.63, 3.8) is 0 Å². The van der Waals surface area contributed by atoms with E-state index < -0.39 is 22.5 Å². The van der Waals surface area contributed by atoms with Crippen molar-refractivity contribution in [2.24, 2.45) is 5.10 Å². The van der Waals surface area contributed by atoms with Crippen molar-refractivity contribution in [3.8, 4) is 28.7 Å². The molecule has 0 saturated heterocycles. The zero-order valence-electron chi connectivity index (χ0n) is 20.7. The lowest BCUT2D eigenvalue weighted by molar-refractivity contribution is -0.119. The summed E-state index contributed by atoms with van der Waals surface area (Å²) in [5.41, 5.74) is 2.72. The summed E-state index contributed by atoms with van der Waals surface area (Å²) in [6.45, 7) is -0.654. The molecule has 196 valence electrons. The highest BCUT2D eigenvalue weighted by molar-refractivity contribution is 7.92. The first-order valence-corrected chi connectivity index (χ1v) is 12.3. The maximum absolute atomic E-state index is 13.8. The van der Waals surface area contributed by atoms with Crippen LogP contribution >= 0.6 is 0 Å².